The first kappa shape index (κ1) is 31.7. The normalized spacial score (nSPS) is 16.0. The number of H-pyrrole nitrogens is 2. The Bertz CT molecular complexity index is 1720. The van der Waals surface area contributed by atoms with Crippen LogP contribution in [0.2, 0.25) is 0 Å². The number of nitrogens with zero attached hydrogens (tertiary/aromatic N) is 2. The number of aryl methyl sites for hydroxylation is 1. The second kappa shape index (κ2) is 14.8. The van der Waals surface area contributed by atoms with Gasteiger partial charge in [0, 0.05) is 32.8 Å². The number of hydrogen-bond acceptors (Lipinski definition) is 4. The number of rotatable bonds is 12. The van der Waals surface area contributed by atoms with Crippen LogP contribution in [-0.2, 0) is 0 Å². The predicted octanol–water partition coefficient (Wildman–Crippen LogP) is 8.15. The third-order valence-corrected chi connectivity index (χ3v) is 8.63. The summed E-state index contributed by atoms with van der Waals surface area (Å²) >= 11 is 1.08. The molecule has 3 heterocycles. The molecule has 0 saturated heterocycles. The summed E-state index contributed by atoms with van der Waals surface area (Å²) in [4.78, 5) is 9.08. The van der Waals surface area contributed by atoms with E-state index < -0.39 is 0 Å². The van der Waals surface area contributed by atoms with E-state index >= 15 is 0 Å². The largest absolute Gasteiger partial charge is 0.359 e. The molecule has 0 amide bonds. The van der Waals surface area contributed by atoms with Crippen LogP contribution in [0, 0.1) is 18.0 Å². The molecule has 0 aromatic carbocycles. The second-order valence-electron chi connectivity index (χ2n) is 10.8. The van der Waals surface area contributed by atoms with E-state index in [0.717, 1.165) is 72.7 Å². The zero-order valence-electron chi connectivity index (χ0n) is 25.5. The molecule has 1 fully saturated rings. The van der Waals surface area contributed by atoms with E-state index in [9.17, 15) is 4.39 Å². The van der Waals surface area contributed by atoms with Gasteiger partial charge >= 0.3 is 0 Å². The average molecular weight is 596 g/mol. The number of allylic oxidation sites excluding steroid dienone is 8. The van der Waals surface area contributed by atoms with Crippen LogP contribution in [0.4, 0.5) is 4.39 Å². The van der Waals surface area contributed by atoms with Gasteiger partial charge in [-0.2, -0.15) is 9.49 Å². The van der Waals surface area contributed by atoms with Crippen LogP contribution in [0.25, 0.3) is 29.2 Å². The molecule has 4 rings (SSSR count). The van der Waals surface area contributed by atoms with Crippen molar-refractivity contribution in [2.24, 2.45) is 5.92 Å². The SMILES string of the molecule is C=C/C=C(/c1ccc(F)s1)c1nc(-c2n[nH]c(=C/C)/c2=C\C(=C)C(/C=C(\C=C)NC(=C)CC2CCCCC2)=C/C)[nH]c1C. The second-order valence-corrected chi connectivity index (χ2v) is 11.9. The van der Waals surface area contributed by atoms with Gasteiger partial charge in [0.25, 0.3) is 0 Å². The number of hydrogen-bond donors (Lipinski definition) is 3. The van der Waals surface area contributed by atoms with Crippen molar-refractivity contribution in [1.29, 1.82) is 0 Å². The van der Waals surface area contributed by atoms with Crippen molar-refractivity contribution < 1.29 is 4.39 Å². The molecule has 0 unspecified atom stereocenters. The van der Waals surface area contributed by atoms with Crippen LogP contribution in [-0.4, -0.2) is 20.2 Å². The zero-order chi connectivity index (χ0) is 30.9. The molecule has 0 atom stereocenters. The van der Waals surface area contributed by atoms with Crippen molar-refractivity contribution in [3.63, 3.8) is 0 Å². The highest BCUT2D eigenvalue weighted by Crippen LogP contribution is 2.31. The van der Waals surface area contributed by atoms with Gasteiger partial charge in [0.05, 0.1) is 11.0 Å². The molecule has 0 spiro atoms. The summed E-state index contributed by atoms with van der Waals surface area (Å²) in [5.41, 5.74) is 6.70. The minimum atomic E-state index is -0.249. The van der Waals surface area contributed by atoms with Crippen LogP contribution >= 0.6 is 11.3 Å². The van der Waals surface area contributed by atoms with Crippen molar-refractivity contribution in [2.75, 3.05) is 0 Å². The minimum Gasteiger partial charge on any atom is -0.359 e. The number of halogens is 1. The smallest absolute Gasteiger partial charge is 0.176 e. The molecule has 0 radical (unpaired) electrons. The lowest BCUT2D eigenvalue weighted by Gasteiger charge is -2.23. The number of imidazole rings is 1. The highest BCUT2D eigenvalue weighted by atomic mass is 32.1. The fraction of sp³-hybridized carbons (Fsp3) is 0.278. The lowest BCUT2D eigenvalue weighted by Crippen LogP contribution is -2.24. The third kappa shape index (κ3) is 7.79. The zero-order valence-corrected chi connectivity index (χ0v) is 26.3. The maximum Gasteiger partial charge on any atom is 0.176 e. The number of thiophene rings is 1. The lowest BCUT2D eigenvalue weighted by molar-refractivity contribution is 0.353. The van der Waals surface area contributed by atoms with Gasteiger partial charge in [-0.1, -0.05) is 82.7 Å². The van der Waals surface area contributed by atoms with E-state index in [1.807, 2.05) is 51.2 Å². The Labute approximate surface area is 258 Å². The van der Waals surface area contributed by atoms with Gasteiger partial charge in [-0.05, 0) is 74.6 Å². The molecule has 3 N–H and O–H groups in total. The summed E-state index contributed by atoms with van der Waals surface area (Å²) in [7, 11) is 0. The molecular formula is C36H42FN5S. The third-order valence-electron chi connectivity index (χ3n) is 7.72. The highest BCUT2D eigenvalue weighted by molar-refractivity contribution is 7.11. The number of aromatic amines is 2. The Hall–Kier alpha value is -4.23. The van der Waals surface area contributed by atoms with Gasteiger partial charge in [-0.15, -0.1) is 11.3 Å². The Balaban J connectivity index is 1.64. The van der Waals surface area contributed by atoms with Crippen molar-refractivity contribution in [3.8, 4) is 11.5 Å². The fourth-order valence-electron chi connectivity index (χ4n) is 5.53. The molecule has 1 saturated carbocycles. The standard InChI is InChI=1S/C36H42FN5S/c1-8-15-29(32-18-19-33(37)43-32)34-25(7)39-36(40-34)35-30(31(11-4)41-42-35)20-23(5)27(9-2)22-28(10-3)38-24(6)21-26-16-13-12-14-17-26/h8-11,15,18-20,22,26,38,41H,1,3,5-6,12-14,16-17,21H2,2,4,7H3,(H,39,40)/b27-9+,28-22+,29-15-,30-20+,31-11+. The molecule has 3 aromatic rings. The molecule has 1 aliphatic rings. The van der Waals surface area contributed by atoms with Crippen molar-refractivity contribution in [2.45, 2.75) is 59.3 Å². The summed E-state index contributed by atoms with van der Waals surface area (Å²) in [5.74, 6) is 1.31. The molecular weight excluding hydrogens is 553 g/mol. The van der Waals surface area contributed by atoms with Crippen LogP contribution < -0.4 is 15.9 Å². The van der Waals surface area contributed by atoms with Crippen LogP contribution in [0.1, 0.15) is 68.6 Å². The summed E-state index contributed by atoms with van der Waals surface area (Å²) in [5, 5.41) is 12.7. The topological polar surface area (TPSA) is 69.4 Å². The Morgan fingerprint density at radius 2 is 1.93 bits per heavy atom. The quantitative estimate of drug-likeness (QED) is 0.185. The molecule has 224 valence electrons. The fourth-order valence-corrected chi connectivity index (χ4v) is 6.28. The Morgan fingerprint density at radius 1 is 1.16 bits per heavy atom. The molecule has 1 aliphatic carbocycles. The Morgan fingerprint density at radius 3 is 2.56 bits per heavy atom. The predicted molar refractivity (Wildman–Crippen MR) is 181 cm³/mol. The average Bonchev–Trinajstić information content (AvgIpc) is 3.72. The van der Waals surface area contributed by atoms with E-state index in [1.54, 1.807) is 12.1 Å². The van der Waals surface area contributed by atoms with E-state index in [0.29, 0.717) is 17.4 Å². The molecule has 3 aromatic heterocycles. The summed E-state index contributed by atoms with van der Waals surface area (Å²) in [6.07, 6.45) is 20.9. The molecule has 5 nitrogen and oxygen atoms in total. The lowest BCUT2D eigenvalue weighted by atomic mass is 9.86. The van der Waals surface area contributed by atoms with Gasteiger partial charge in [-0.3, -0.25) is 5.10 Å². The molecule has 43 heavy (non-hydrogen) atoms. The van der Waals surface area contributed by atoms with Crippen molar-refractivity contribution >= 4 is 29.1 Å². The van der Waals surface area contributed by atoms with Crippen molar-refractivity contribution in [3.05, 3.63) is 123 Å². The maximum absolute atomic E-state index is 13.9. The van der Waals surface area contributed by atoms with Crippen molar-refractivity contribution in [1.82, 2.24) is 25.5 Å². The van der Waals surface area contributed by atoms with Crippen LogP contribution in [0.15, 0.2) is 91.4 Å². The summed E-state index contributed by atoms with van der Waals surface area (Å²) in [6.45, 7) is 22.5. The molecule has 0 aliphatic heterocycles. The van der Waals surface area contributed by atoms with E-state index in [2.05, 4.69) is 52.9 Å². The first-order valence-corrected chi connectivity index (χ1v) is 15.6. The van der Waals surface area contributed by atoms with Gasteiger partial charge in [0.1, 0.15) is 5.69 Å². The van der Waals surface area contributed by atoms with Crippen LogP contribution in [0.3, 0.4) is 0 Å². The van der Waals surface area contributed by atoms with Crippen LogP contribution in [0.5, 0.6) is 0 Å². The maximum atomic E-state index is 13.9. The monoisotopic (exact) mass is 595 g/mol. The van der Waals surface area contributed by atoms with Gasteiger partial charge < -0.3 is 10.3 Å². The number of aromatic nitrogens is 4. The highest BCUT2D eigenvalue weighted by Gasteiger charge is 2.18. The number of nitrogens with one attached hydrogen (secondary N) is 3. The molecule has 7 heteroatoms. The van der Waals surface area contributed by atoms with Gasteiger partial charge in [0.15, 0.2) is 11.0 Å². The minimum absolute atomic E-state index is 0.249. The first-order chi connectivity index (χ1) is 20.8. The van der Waals surface area contributed by atoms with E-state index in [4.69, 9.17) is 4.98 Å². The Kier molecular flexibility index (Phi) is 10.9. The van der Waals surface area contributed by atoms with Gasteiger partial charge in [0.2, 0.25) is 0 Å². The van der Waals surface area contributed by atoms with E-state index in [1.165, 1.54) is 38.2 Å². The van der Waals surface area contributed by atoms with E-state index in [-0.39, 0.29) is 5.13 Å². The summed E-state index contributed by atoms with van der Waals surface area (Å²) in [6, 6.07) is 3.22. The van der Waals surface area contributed by atoms with Gasteiger partial charge in [-0.25, -0.2) is 4.98 Å². The molecule has 0 bridgehead atoms. The first-order valence-electron chi connectivity index (χ1n) is 14.8. The summed E-state index contributed by atoms with van der Waals surface area (Å²) < 4.78 is 13.9.